The zero-order chi connectivity index (χ0) is 20.3. The van der Waals surface area contributed by atoms with Crippen LogP contribution in [0.4, 0.5) is 5.69 Å². The maximum absolute atomic E-state index is 12.9. The molecule has 0 spiro atoms. The van der Waals surface area contributed by atoms with Crippen LogP contribution < -0.4 is 9.04 Å². The Labute approximate surface area is 169 Å². The predicted molar refractivity (Wildman–Crippen MR) is 107 cm³/mol. The highest BCUT2D eigenvalue weighted by Crippen LogP contribution is 2.28. The number of benzene rings is 2. The van der Waals surface area contributed by atoms with Crippen molar-refractivity contribution in [2.45, 2.75) is 4.90 Å². The summed E-state index contributed by atoms with van der Waals surface area (Å²) in [6.07, 6.45) is 0. The summed E-state index contributed by atoms with van der Waals surface area (Å²) in [5, 5.41) is 0.200. The van der Waals surface area contributed by atoms with Crippen molar-refractivity contribution in [3.8, 4) is 5.75 Å². The van der Waals surface area contributed by atoms with E-state index in [0.29, 0.717) is 43.3 Å². The Hall–Kier alpha value is -2.29. The van der Waals surface area contributed by atoms with Crippen molar-refractivity contribution >= 4 is 33.2 Å². The van der Waals surface area contributed by atoms with Gasteiger partial charge in [0.2, 0.25) is 0 Å². The van der Waals surface area contributed by atoms with E-state index in [1.165, 1.54) is 32.4 Å². The van der Waals surface area contributed by atoms with Crippen LogP contribution in [0.2, 0.25) is 5.02 Å². The molecule has 0 saturated carbocycles. The van der Waals surface area contributed by atoms with E-state index in [1.807, 2.05) is 0 Å². The van der Waals surface area contributed by atoms with Crippen LogP contribution in [0.3, 0.4) is 0 Å². The molecule has 0 aromatic heterocycles. The van der Waals surface area contributed by atoms with Gasteiger partial charge >= 0.3 is 0 Å². The summed E-state index contributed by atoms with van der Waals surface area (Å²) in [5.41, 5.74) is 0.696. The number of carbonyl (C=O) groups excluding carboxylic acids is 1. The zero-order valence-electron chi connectivity index (χ0n) is 15.6. The number of carbonyl (C=O) groups is 1. The van der Waals surface area contributed by atoms with E-state index < -0.39 is 10.0 Å². The minimum atomic E-state index is -3.78. The second-order valence-corrected chi connectivity index (χ2v) is 8.59. The van der Waals surface area contributed by atoms with Crippen LogP contribution in [0.15, 0.2) is 47.4 Å². The summed E-state index contributed by atoms with van der Waals surface area (Å²) < 4.78 is 37.2. The van der Waals surface area contributed by atoms with Gasteiger partial charge in [-0.15, -0.1) is 0 Å². The summed E-state index contributed by atoms with van der Waals surface area (Å²) in [6, 6.07) is 10.7. The van der Waals surface area contributed by atoms with E-state index in [4.69, 9.17) is 21.1 Å². The van der Waals surface area contributed by atoms with Gasteiger partial charge in [0.15, 0.2) is 0 Å². The fourth-order valence-electron chi connectivity index (χ4n) is 2.85. The van der Waals surface area contributed by atoms with Gasteiger partial charge in [-0.05, 0) is 42.5 Å². The van der Waals surface area contributed by atoms with Gasteiger partial charge in [-0.25, -0.2) is 8.42 Å². The minimum absolute atomic E-state index is 0.125. The molecule has 150 valence electrons. The van der Waals surface area contributed by atoms with Crippen molar-refractivity contribution in [1.29, 1.82) is 0 Å². The van der Waals surface area contributed by atoms with E-state index in [2.05, 4.69) is 0 Å². The highest BCUT2D eigenvalue weighted by Gasteiger charge is 2.24. The fourth-order valence-corrected chi connectivity index (χ4v) is 4.30. The number of morpholine rings is 1. The molecule has 9 heteroatoms. The van der Waals surface area contributed by atoms with E-state index in [1.54, 1.807) is 29.2 Å². The van der Waals surface area contributed by atoms with Gasteiger partial charge in [-0.1, -0.05) is 11.6 Å². The van der Waals surface area contributed by atoms with Crippen molar-refractivity contribution in [2.75, 3.05) is 44.8 Å². The second-order valence-electron chi connectivity index (χ2n) is 6.22. The summed E-state index contributed by atoms with van der Waals surface area (Å²) in [4.78, 5) is 14.4. The molecule has 3 rings (SSSR count). The Bertz CT molecular complexity index is 957. The van der Waals surface area contributed by atoms with Crippen LogP contribution >= 0.6 is 11.6 Å². The number of rotatable bonds is 5. The molecule has 2 aromatic rings. The first-order valence-electron chi connectivity index (χ1n) is 8.64. The number of hydrogen-bond acceptors (Lipinski definition) is 5. The number of amides is 1. The number of halogens is 1. The lowest BCUT2D eigenvalue weighted by Gasteiger charge is -2.27. The second kappa shape index (κ2) is 8.38. The lowest BCUT2D eigenvalue weighted by molar-refractivity contribution is 0.0303. The maximum Gasteiger partial charge on any atom is 0.264 e. The largest absolute Gasteiger partial charge is 0.497 e. The van der Waals surface area contributed by atoms with Gasteiger partial charge < -0.3 is 14.4 Å². The number of nitrogens with zero attached hydrogens (tertiary/aromatic N) is 2. The third kappa shape index (κ3) is 4.09. The van der Waals surface area contributed by atoms with Crippen LogP contribution in [-0.4, -0.2) is 59.7 Å². The standard InChI is InChI=1S/C19H21ClN2O5S/c1-21(28(24,25)16-6-4-15(26-2)5-7-16)14-3-8-17(18(20)13-14)19(23)22-9-11-27-12-10-22/h3-8,13H,9-12H2,1-2H3. The van der Waals surface area contributed by atoms with Crippen LogP contribution in [0.25, 0.3) is 0 Å². The molecule has 1 aliphatic rings. The molecule has 0 radical (unpaired) electrons. The van der Waals surface area contributed by atoms with Crippen LogP contribution in [0.5, 0.6) is 5.75 Å². The lowest BCUT2D eigenvalue weighted by atomic mass is 10.1. The van der Waals surface area contributed by atoms with E-state index in [-0.39, 0.29) is 15.8 Å². The van der Waals surface area contributed by atoms with Gasteiger partial charge in [-0.3, -0.25) is 9.10 Å². The predicted octanol–water partition coefficient (Wildman–Crippen LogP) is 2.65. The van der Waals surface area contributed by atoms with Gasteiger partial charge in [0.05, 0.1) is 41.5 Å². The third-order valence-electron chi connectivity index (χ3n) is 4.56. The molecule has 0 unspecified atom stereocenters. The smallest absolute Gasteiger partial charge is 0.264 e. The Morgan fingerprint density at radius 2 is 1.79 bits per heavy atom. The highest BCUT2D eigenvalue weighted by atomic mass is 35.5. The summed E-state index contributed by atoms with van der Waals surface area (Å²) in [7, 11) is -0.830. The number of anilines is 1. The topological polar surface area (TPSA) is 76.2 Å². The van der Waals surface area contributed by atoms with Crippen molar-refractivity contribution in [3.05, 3.63) is 53.1 Å². The molecule has 7 nitrogen and oxygen atoms in total. The van der Waals surface area contributed by atoms with Crippen LogP contribution in [-0.2, 0) is 14.8 Å². The average molecular weight is 425 g/mol. The molecule has 0 atom stereocenters. The minimum Gasteiger partial charge on any atom is -0.497 e. The maximum atomic E-state index is 12.9. The number of hydrogen-bond donors (Lipinski definition) is 0. The molecule has 1 heterocycles. The fraction of sp³-hybridized carbons (Fsp3) is 0.316. The number of sulfonamides is 1. The summed E-state index contributed by atoms with van der Waals surface area (Å²) in [5.74, 6) is 0.371. The highest BCUT2D eigenvalue weighted by molar-refractivity contribution is 7.92. The van der Waals surface area contributed by atoms with Crippen molar-refractivity contribution < 1.29 is 22.7 Å². The Morgan fingerprint density at radius 3 is 2.36 bits per heavy atom. The molecule has 0 bridgehead atoms. The van der Waals surface area contributed by atoms with Gasteiger partial charge in [0.1, 0.15) is 5.75 Å². The Kier molecular flexibility index (Phi) is 6.12. The average Bonchev–Trinajstić information content (AvgIpc) is 2.73. The molecule has 2 aromatic carbocycles. The van der Waals surface area contributed by atoms with Crippen LogP contribution in [0.1, 0.15) is 10.4 Å². The first-order chi connectivity index (χ1) is 13.3. The summed E-state index contributed by atoms with van der Waals surface area (Å²) in [6.45, 7) is 1.99. The van der Waals surface area contributed by atoms with Crippen molar-refractivity contribution in [2.24, 2.45) is 0 Å². The van der Waals surface area contributed by atoms with Crippen molar-refractivity contribution in [1.82, 2.24) is 4.90 Å². The molecule has 1 amide bonds. The molecule has 0 aliphatic carbocycles. The SMILES string of the molecule is COc1ccc(S(=O)(=O)N(C)c2ccc(C(=O)N3CCOCC3)c(Cl)c2)cc1. The first kappa shape index (κ1) is 20.4. The lowest BCUT2D eigenvalue weighted by Crippen LogP contribution is -2.40. The molecule has 1 fully saturated rings. The quantitative estimate of drug-likeness (QED) is 0.737. The molecule has 28 heavy (non-hydrogen) atoms. The van der Waals surface area contributed by atoms with E-state index >= 15 is 0 Å². The summed E-state index contributed by atoms with van der Waals surface area (Å²) >= 11 is 6.31. The van der Waals surface area contributed by atoms with Crippen molar-refractivity contribution in [3.63, 3.8) is 0 Å². The number of methoxy groups -OCH3 is 1. The van der Waals surface area contributed by atoms with Gasteiger partial charge in [-0.2, -0.15) is 0 Å². The zero-order valence-corrected chi connectivity index (χ0v) is 17.2. The molecular weight excluding hydrogens is 404 g/mol. The van der Waals surface area contributed by atoms with E-state index in [9.17, 15) is 13.2 Å². The van der Waals surface area contributed by atoms with E-state index in [0.717, 1.165) is 4.31 Å². The number of ether oxygens (including phenoxy) is 2. The molecule has 1 saturated heterocycles. The molecule has 0 N–H and O–H groups in total. The molecule has 1 aliphatic heterocycles. The monoisotopic (exact) mass is 424 g/mol. The first-order valence-corrected chi connectivity index (χ1v) is 10.5. The third-order valence-corrected chi connectivity index (χ3v) is 6.68. The van der Waals surface area contributed by atoms with Gasteiger partial charge in [0, 0.05) is 20.1 Å². The van der Waals surface area contributed by atoms with Gasteiger partial charge in [0.25, 0.3) is 15.9 Å². The van der Waals surface area contributed by atoms with Crippen LogP contribution in [0, 0.1) is 0 Å². The molecular formula is C19H21ClN2O5S. The normalized spacial score (nSPS) is 14.6. The Balaban J connectivity index is 1.84. The Morgan fingerprint density at radius 1 is 1.14 bits per heavy atom.